The van der Waals surface area contributed by atoms with E-state index in [0.717, 1.165) is 5.56 Å². The zero-order valence-corrected chi connectivity index (χ0v) is 15.9. The highest BCUT2D eigenvalue weighted by molar-refractivity contribution is 7.89. The summed E-state index contributed by atoms with van der Waals surface area (Å²) in [5.74, 6) is 0. The van der Waals surface area contributed by atoms with Crippen LogP contribution in [-0.4, -0.2) is 29.4 Å². The molecule has 11 heteroatoms. The summed E-state index contributed by atoms with van der Waals surface area (Å²) in [6.07, 6.45) is 0. The summed E-state index contributed by atoms with van der Waals surface area (Å²) < 4.78 is 24.5. The average Bonchev–Trinajstić information content (AvgIpc) is 3.10. The highest BCUT2D eigenvalue weighted by Gasteiger charge is 2.14. The number of carbonyl (C=O) groups excluding carboxylic acids is 1. The molecule has 146 valence electrons. The fourth-order valence-electron chi connectivity index (χ4n) is 2.53. The molecule has 28 heavy (non-hydrogen) atoms. The molecule has 0 saturated heterocycles. The predicted molar refractivity (Wildman–Crippen MR) is 103 cm³/mol. The number of rotatable bonds is 5. The number of nitrogens with zero attached hydrogens (tertiary/aromatic N) is 2. The first-order chi connectivity index (χ1) is 13.3. The third-order valence-electron chi connectivity index (χ3n) is 3.84. The van der Waals surface area contributed by atoms with Crippen molar-refractivity contribution in [3.63, 3.8) is 0 Å². The number of nitrogens with one attached hydrogen (secondary N) is 2. The number of benzene rings is 2. The van der Waals surface area contributed by atoms with Gasteiger partial charge in [0, 0.05) is 10.6 Å². The SMILES string of the molecule is NS(=O)(=O)c1ccc(-n2nc(CNC(=O)NO)cc2-c2ccc(Cl)cc2)cc1. The van der Waals surface area contributed by atoms with Gasteiger partial charge in [-0.25, -0.2) is 28.5 Å². The molecule has 0 unspecified atom stereocenters. The quantitative estimate of drug-likeness (QED) is 0.368. The third kappa shape index (κ3) is 4.49. The molecule has 0 radical (unpaired) electrons. The van der Waals surface area contributed by atoms with E-state index >= 15 is 0 Å². The molecule has 0 aliphatic carbocycles. The van der Waals surface area contributed by atoms with Gasteiger partial charge in [0.2, 0.25) is 10.0 Å². The van der Waals surface area contributed by atoms with E-state index in [0.29, 0.717) is 22.1 Å². The van der Waals surface area contributed by atoms with Gasteiger partial charge in [0.05, 0.1) is 28.5 Å². The summed E-state index contributed by atoms with van der Waals surface area (Å²) in [6.45, 7) is 0.0647. The second-order valence-corrected chi connectivity index (χ2v) is 7.77. The molecule has 9 nitrogen and oxygen atoms in total. The molecule has 3 aromatic rings. The summed E-state index contributed by atoms with van der Waals surface area (Å²) in [7, 11) is -3.81. The molecule has 0 fully saturated rings. The number of nitrogens with two attached hydrogens (primary N) is 1. The number of sulfonamides is 1. The molecular formula is C17H16ClN5O4S. The molecule has 2 amide bonds. The minimum atomic E-state index is -3.81. The lowest BCUT2D eigenvalue weighted by atomic mass is 10.1. The second kappa shape index (κ2) is 7.98. The molecule has 0 aliphatic heterocycles. The van der Waals surface area contributed by atoms with E-state index in [1.165, 1.54) is 17.6 Å². The van der Waals surface area contributed by atoms with Crippen LogP contribution in [0.1, 0.15) is 5.69 Å². The maximum absolute atomic E-state index is 11.5. The molecule has 2 aromatic carbocycles. The van der Waals surface area contributed by atoms with Crippen LogP contribution in [0, 0.1) is 0 Å². The minimum Gasteiger partial charge on any atom is -0.331 e. The Bertz CT molecular complexity index is 1100. The minimum absolute atomic E-state index is 0.0158. The topological polar surface area (TPSA) is 139 Å². The molecular weight excluding hydrogens is 406 g/mol. The molecule has 3 rings (SSSR count). The Kier molecular flexibility index (Phi) is 5.66. The van der Waals surface area contributed by atoms with Gasteiger partial charge in [0.15, 0.2) is 0 Å². The third-order valence-corrected chi connectivity index (χ3v) is 5.02. The maximum Gasteiger partial charge on any atom is 0.338 e. The Morgan fingerprint density at radius 2 is 1.79 bits per heavy atom. The van der Waals surface area contributed by atoms with Crippen LogP contribution in [-0.2, 0) is 16.6 Å². The standard InChI is InChI=1S/C17H16ClN5O4S/c18-12-3-1-11(2-4-12)16-9-13(10-20-17(24)22-25)21-23(16)14-5-7-15(8-6-14)28(19,26)27/h1-9,25H,10H2,(H2,19,26,27)(H2,20,22,24). The van der Waals surface area contributed by atoms with E-state index < -0.39 is 16.1 Å². The van der Waals surface area contributed by atoms with Crippen LogP contribution in [0.2, 0.25) is 5.02 Å². The number of hydrogen-bond donors (Lipinski definition) is 4. The van der Waals surface area contributed by atoms with Crippen LogP contribution in [0.15, 0.2) is 59.5 Å². The maximum atomic E-state index is 11.5. The van der Waals surface area contributed by atoms with Crippen molar-refractivity contribution in [2.24, 2.45) is 5.14 Å². The van der Waals surface area contributed by atoms with Gasteiger partial charge in [-0.1, -0.05) is 23.7 Å². The number of carbonyl (C=O) groups is 1. The van der Waals surface area contributed by atoms with Gasteiger partial charge in [-0.05, 0) is 42.5 Å². The van der Waals surface area contributed by atoms with Crippen molar-refractivity contribution in [3.05, 3.63) is 65.3 Å². The molecule has 1 heterocycles. The Labute approximate surface area is 165 Å². The van der Waals surface area contributed by atoms with Crippen molar-refractivity contribution in [2.45, 2.75) is 11.4 Å². The monoisotopic (exact) mass is 421 g/mol. The number of urea groups is 1. The van der Waals surface area contributed by atoms with Crippen molar-refractivity contribution in [3.8, 4) is 16.9 Å². The lowest BCUT2D eigenvalue weighted by molar-refractivity contribution is 0.161. The first-order valence-electron chi connectivity index (χ1n) is 7.94. The van der Waals surface area contributed by atoms with E-state index in [9.17, 15) is 13.2 Å². The number of primary sulfonamides is 1. The molecule has 0 saturated carbocycles. The second-order valence-electron chi connectivity index (χ2n) is 5.77. The Morgan fingerprint density at radius 1 is 1.14 bits per heavy atom. The van der Waals surface area contributed by atoms with Crippen molar-refractivity contribution in [1.29, 1.82) is 0 Å². The zero-order chi connectivity index (χ0) is 20.3. The first kappa shape index (κ1) is 19.8. The van der Waals surface area contributed by atoms with Crippen LogP contribution in [0.25, 0.3) is 16.9 Å². The first-order valence-corrected chi connectivity index (χ1v) is 9.86. The fraction of sp³-hybridized carbons (Fsp3) is 0.0588. The van der Waals surface area contributed by atoms with Crippen molar-refractivity contribution in [1.82, 2.24) is 20.6 Å². The van der Waals surface area contributed by atoms with E-state index in [1.54, 1.807) is 35.0 Å². The van der Waals surface area contributed by atoms with Crippen molar-refractivity contribution >= 4 is 27.7 Å². The van der Waals surface area contributed by atoms with Crippen LogP contribution >= 0.6 is 11.6 Å². The van der Waals surface area contributed by atoms with Gasteiger partial charge >= 0.3 is 6.03 Å². The Hall–Kier alpha value is -2.92. The van der Waals surface area contributed by atoms with Crippen molar-refractivity contribution in [2.75, 3.05) is 0 Å². The van der Waals surface area contributed by atoms with Gasteiger partial charge < -0.3 is 5.32 Å². The van der Waals surface area contributed by atoms with Gasteiger partial charge in [-0.2, -0.15) is 5.10 Å². The number of hydrogen-bond acceptors (Lipinski definition) is 5. The zero-order valence-electron chi connectivity index (χ0n) is 14.3. The largest absolute Gasteiger partial charge is 0.338 e. The summed E-state index contributed by atoms with van der Waals surface area (Å²) in [6, 6.07) is 14.0. The molecule has 0 bridgehead atoms. The number of hydroxylamine groups is 1. The summed E-state index contributed by atoms with van der Waals surface area (Å²) in [5.41, 5.74) is 4.10. The Balaban J connectivity index is 2.03. The molecule has 0 atom stereocenters. The molecule has 0 spiro atoms. The number of aromatic nitrogens is 2. The summed E-state index contributed by atoms with van der Waals surface area (Å²) in [4.78, 5) is 11.2. The van der Waals surface area contributed by atoms with E-state index in [4.69, 9.17) is 21.9 Å². The molecule has 1 aromatic heterocycles. The predicted octanol–water partition coefficient (Wildman–Crippen LogP) is 2.03. The van der Waals surface area contributed by atoms with Crippen LogP contribution < -0.4 is 15.9 Å². The summed E-state index contributed by atoms with van der Waals surface area (Å²) >= 11 is 5.95. The Morgan fingerprint density at radius 3 is 2.36 bits per heavy atom. The van der Waals surface area contributed by atoms with Gasteiger partial charge in [-0.3, -0.25) is 5.21 Å². The lowest BCUT2D eigenvalue weighted by Crippen LogP contribution is -2.32. The van der Waals surface area contributed by atoms with E-state index in [2.05, 4.69) is 10.4 Å². The smallest absolute Gasteiger partial charge is 0.331 e. The number of amides is 2. The van der Waals surface area contributed by atoms with Gasteiger partial charge in [-0.15, -0.1) is 0 Å². The number of halogens is 1. The molecule has 0 aliphatic rings. The van der Waals surface area contributed by atoms with Gasteiger partial charge in [0.1, 0.15) is 0 Å². The van der Waals surface area contributed by atoms with Crippen LogP contribution in [0.3, 0.4) is 0 Å². The van der Waals surface area contributed by atoms with Crippen LogP contribution in [0.4, 0.5) is 4.79 Å². The van der Waals surface area contributed by atoms with Crippen molar-refractivity contribution < 1.29 is 18.4 Å². The average molecular weight is 422 g/mol. The highest BCUT2D eigenvalue weighted by atomic mass is 35.5. The summed E-state index contributed by atoms with van der Waals surface area (Å²) in [5, 5.41) is 21.2. The van der Waals surface area contributed by atoms with E-state index in [1.807, 2.05) is 12.1 Å². The molecule has 5 N–H and O–H groups in total. The lowest BCUT2D eigenvalue weighted by Gasteiger charge is -2.08. The highest BCUT2D eigenvalue weighted by Crippen LogP contribution is 2.26. The normalized spacial score (nSPS) is 11.2. The van der Waals surface area contributed by atoms with E-state index in [-0.39, 0.29) is 11.4 Å². The van der Waals surface area contributed by atoms with Gasteiger partial charge in [0.25, 0.3) is 0 Å². The van der Waals surface area contributed by atoms with Crippen LogP contribution in [0.5, 0.6) is 0 Å². The fourth-order valence-corrected chi connectivity index (χ4v) is 3.17.